The molecule has 1 aliphatic rings. The SMILES string of the molecule is COC(=O)C[C@@H]1CSCCN1C(=O)c1ccccc1OC(F)F. The molecule has 0 bridgehead atoms. The largest absolute Gasteiger partial charge is 0.469 e. The minimum absolute atomic E-state index is 0.0644. The van der Waals surface area contributed by atoms with Crippen LogP contribution in [-0.4, -0.2) is 54.6 Å². The summed E-state index contributed by atoms with van der Waals surface area (Å²) < 4.78 is 34.0. The maximum atomic E-state index is 12.7. The molecular formula is C15H17F2NO4S. The van der Waals surface area contributed by atoms with E-state index in [1.165, 1.54) is 30.2 Å². The number of carbonyl (C=O) groups excluding carboxylic acids is 2. The van der Waals surface area contributed by atoms with Crippen molar-refractivity contribution in [1.82, 2.24) is 4.90 Å². The molecule has 1 amide bonds. The Kier molecular flexibility index (Phi) is 6.20. The number of methoxy groups -OCH3 is 1. The highest BCUT2D eigenvalue weighted by atomic mass is 32.2. The van der Waals surface area contributed by atoms with Crippen molar-refractivity contribution in [3.63, 3.8) is 0 Å². The van der Waals surface area contributed by atoms with Gasteiger partial charge in [-0.05, 0) is 12.1 Å². The van der Waals surface area contributed by atoms with E-state index in [-0.39, 0.29) is 23.8 Å². The summed E-state index contributed by atoms with van der Waals surface area (Å²) in [5, 5.41) is 0. The second kappa shape index (κ2) is 8.14. The van der Waals surface area contributed by atoms with Crippen LogP contribution >= 0.6 is 11.8 Å². The summed E-state index contributed by atoms with van der Waals surface area (Å²) in [4.78, 5) is 25.8. The number of hydrogen-bond acceptors (Lipinski definition) is 5. The second-order valence-electron chi connectivity index (χ2n) is 4.88. The molecule has 126 valence electrons. The minimum Gasteiger partial charge on any atom is -0.469 e. The molecule has 1 aromatic rings. The van der Waals surface area contributed by atoms with Crippen molar-refractivity contribution in [2.75, 3.05) is 25.2 Å². The fourth-order valence-electron chi connectivity index (χ4n) is 2.36. The Bertz CT molecular complexity index is 570. The van der Waals surface area contributed by atoms with Gasteiger partial charge < -0.3 is 14.4 Å². The average molecular weight is 345 g/mol. The number of rotatable bonds is 5. The van der Waals surface area contributed by atoms with Crippen LogP contribution in [0.1, 0.15) is 16.8 Å². The molecule has 8 heteroatoms. The van der Waals surface area contributed by atoms with Gasteiger partial charge in [0.25, 0.3) is 5.91 Å². The minimum atomic E-state index is -3.01. The summed E-state index contributed by atoms with van der Waals surface area (Å²) in [6.45, 7) is -2.57. The number of benzene rings is 1. The predicted molar refractivity (Wildman–Crippen MR) is 81.9 cm³/mol. The van der Waals surface area contributed by atoms with Gasteiger partial charge in [-0.2, -0.15) is 20.5 Å². The molecule has 0 saturated carbocycles. The zero-order chi connectivity index (χ0) is 16.8. The van der Waals surface area contributed by atoms with Gasteiger partial charge in [0.1, 0.15) is 5.75 Å². The number of amides is 1. The Labute approximate surface area is 136 Å². The molecule has 1 saturated heterocycles. The highest BCUT2D eigenvalue weighted by molar-refractivity contribution is 7.99. The second-order valence-corrected chi connectivity index (χ2v) is 6.03. The van der Waals surface area contributed by atoms with Gasteiger partial charge in [-0.1, -0.05) is 12.1 Å². The van der Waals surface area contributed by atoms with Crippen molar-refractivity contribution in [3.8, 4) is 5.75 Å². The van der Waals surface area contributed by atoms with E-state index in [0.717, 1.165) is 5.75 Å². The van der Waals surface area contributed by atoms with Gasteiger partial charge in [0.15, 0.2) is 0 Å². The zero-order valence-corrected chi connectivity index (χ0v) is 13.4. The lowest BCUT2D eigenvalue weighted by atomic mass is 10.1. The van der Waals surface area contributed by atoms with Crippen LogP contribution in [0.5, 0.6) is 5.75 Å². The molecule has 0 aromatic heterocycles. The molecular weight excluding hydrogens is 328 g/mol. The average Bonchev–Trinajstić information content (AvgIpc) is 2.54. The number of esters is 1. The molecule has 0 radical (unpaired) electrons. The standard InChI is InChI=1S/C15H17F2NO4S/c1-21-13(19)8-10-9-23-7-6-18(10)14(20)11-4-2-3-5-12(11)22-15(16)17/h2-5,10,15H,6-9H2,1H3/t10-/m1/s1. The molecule has 1 heterocycles. The van der Waals surface area contributed by atoms with Gasteiger partial charge in [-0.3, -0.25) is 9.59 Å². The van der Waals surface area contributed by atoms with E-state index >= 15 is 0 Å². The molecule has 1 aromatic carbocycles. The smallest absolute Gasteiger partial charge is 0.387 e. The lowest BCUT2D eigenvalue weighted by Crippen LogP contribution is -2.47. The third kappa shape index (κ3) is 4.57. The topological polar surface area (TPSA) is 55.8 Å². The maximum absolute atomic E-state index is 12.7. The maximum Gasteiger partial charge on any atom is 0.387 e. The summed E-state index contributed by atoms with van der Waals surface area (Å²) in [6.07, 6.45) is 0.0765. The van der Waals surface area contributed by atoms with Crippen LogP contribution in [-0.2, 0) is 9.53 Å². The molecule has 1 atom stereocenters. The first-order chi connectivity index (χ1) is 11.0. The van der Waals surface area contributed by atoms with Gasteiger partial charge in [0, 0.05) is 18.1 Å². The number of thioether (sulfide) groups is 1. The normalized spacial score (nSPS) is 17.9. The van der Waals surface area contributed by atoms with E-state index in [1.807, 2.05) is 0 Å². The first-order valence-electron chi connectivity index (χ1n) is 7.02. The molecule has 1 aliphatic heterocycles. The zero-order valence-electron chi connectivity index (χ0n) is 12.5. The van der Waals surface area contributed by atoms with Crippen molar-refractivity contribution in [1.29, 1.82) is 0 Å². The van der Waals surface area contributed by atoms with E-state index in [4.69, 9.17) is 0 Å². The Morgan fingerprint density at radius 1 is 1.39 bits per heavy atom. The molecule has 2 rings (SSSR count). The number of nitrogens with zero attached hydrogens (tertiary/aromatic N) is 1. The summed E-state index contributed by atoms with van der Waals surface area (Å²) in [7, 11) is 1.29. The van der Waals surface area contributed by atoms with E-state index < -0.39 is 18.5 Å². The van der Waals surface area contributed by atoms with Crippen molar-refractivity contribution in [2.24, 2.45) is 0 Å². The molecule has 0 N–H and O–H groups in total. The quantitative estimate of drug-likeness (QED) is 0.767. The summed E-state index contributed by atoms with van der Waals surface area (Å²) in [5.74, 6) is 0.324. The van der Waals surface area contributed by atoms with Crippen molar-refractivity contribution < 1.29 is 27.8 Å². The van der Waals surface area contributed by atoms with E-state index in [0.29, 0.717) is 12.3 Å². The number of carbonyl (C=O) groups is 2. The Morgan fingerprint density at radius 3 is 2.83 bits per heavy atom. The summed E-state index contributed by atoms with van der Waals surface area (Å²) >= 11 is 1.63. The van der Waals surface area contributed by atoms with E-state index in [9.17, 15) is 18.4 Å². The van der Waals surface area contributed by atoms with E-state index in [1.54, 1.807) is 17.8 Å². The molecule has 1 fully saturated rings. The van der Waals surface area contributed by atoms with Crippen molar-refractivity contribution >= 4 is 23.6 Å². The van der Waals surface area contributed by atoms with Gasteiger partial charge in [0.2, 0.25) is 0 Å². The number of halogens is 2. The number of para-hydroxylation sites is 1. The molecule has 0 unspecified atom stereocenters. The molecule has 0 aliphatic carbocycles. The number of hydrogen-bond donors (Lipinski definition) is 0. The van der Waals surface area contributed by atoms with Crippen LogP contribution in [0.25, 0.3) is 0 Å². The van der Waals surface area contributed by atoms with Gasteiger partial charge in [-0.25, -0.2) is 0 Å². The predicted octanol–water partition coefficient (Wildman–Crippen LogP) is 2.41. The van der Waals surface area contributed by atoms with E-state index in [2.05, 4.69) is 9.47 Å². The highest BCUT2D eigenvalue weighted by Gasteiger charge is 2.31. The van der Waals surface area contributed by atoms with Crippen molar-refractivity contribution in [3.05, 3.63) is 29.8 Å². The lowest BCUT2D eigenvalue weighted by molar-refractivity contribution is -0.141. The van der Waals surface area contributed by atoms with Crippen LogP contribution in [0, 0.1) is 0 Å². The summed E-state index contributed by atoms with van der Waals surface area (Å²) in [5.41, 5.74) is 0.0644. The third-order valence-electron chi connectivity index (χ3n) is 3.45. The van der Waals surface area contributed by atoms with Crippen LogP contribution < -0.4 is 4.74 Å². The van der Waals surface area contributed by atoms with Gasteiger partial charge in [0.05, 0.1) is 25.1 Å². The Balaban J connectivity index is 2.21. The number of ether oxygens (including phenoxy) is 2. The highest BCUT2D eigenvalue weighted by Crippen LogP contribution is 2.26. The first kappa shape index (κ1) is 17.5. The fraction of sp³-hybridized carbons (Fsp3) is 0.467. The number of alkyl halides is 2. The van der Waals surface area contributed by atoms with Crippen LogP contribution in [0.15, 0.2) is 24.3 Å². The monoisotopic (exact) mass is 345 g/mol. The van der Waals surface area contributed by atoms with Crippen LogP contribution in [0.3, 0.4) is 0 Å². The lowest BCUT2D eigenvalue weighted by Gasteiger charge is -2.35. The molecule has 0 spiro atoms. The van der Waals surface area contributed by atoms with Crippen LogP contribution in [0.4, 0.5) is 8.78 Å². The van der Waals surface area contributed by atoms with Crippen molar-refractivity contribution in [2.45, 2.75) is 19.1 Å². The Hall–Kier alpha value is -1.83. The Morgan fingerprint density at radius 2 is 2.13 bits per heavy atom. The fourth-order valence-corrected chi connectivity index (χ4v) is 3.43. The van der Waals surface area contributed by atoms with Gasteiger partial charge >= 0.3 is 12.6 Å². The first-order valence-corrected chi connectivity index (χ1v) is 8.17. The van der Waals surface area contributed by atoms with Gasteiger partial charge in [-0.15, -0.1) is 0 Å². The molecule has 5 nitrogen and oxygen atoms in total. The summed E-state index contributed by atoms with van der Waals surface area (Å²) in [6, 6.07) is 5.55. The van der Waals surface area contributed by atoms with Crippen LogP contribution in [0.2, 0.25) is 0 Å². The molecule has 23 heavy (non-hydrogen) atoms. The third-order valence-corrected chi connectivity index (χ3v) is 4.54.